The lowest BCUT2D eigenvalue weighted by molar-refractivity contribution is -0.384. The van der Waals surface area contributed by atoms with Gasteiger partial charge in [0.05, 0.1) is 10.5 Å². The number of nitrogens with zero attached hydrogens (tertiary/aromatic N) is 2. The van der Waals surface area contributed by atoms with E-state index in [-0.39, 0.29) is 23.6 Å². The fourth-order valence-corrected chi connectivity index (χ4v) is 4.00. The molecule has 0 fully saturated rings. The van der Waals surface area contributed by atoms with Crippen molar-refractivity contribution in [2.75, 3.05) is 6.54 Å². The van der Waals surface area contributed by atoms with Gasteiger partial charge in [-0.15, -0.1) is 0 Å². The van der Waals surface area contributed by atoms with Crippen LogP contribution in [0.3, 0.4) is 0 Å². The van der Waals surface area contributed by atoms with Crippen molar-refractivity contribution in [1.82, 2.24) is 15.3 Å². The number of benzene rings is 2. The molecule has 2 heterocycles. The van der Waals surface area contributed by atoms with E-state index in [0.29, 0.717) is 29.4 Å². The fourth-order valence-electron chi connectivity index (χ4n) is 4.00. The van der Waals surface area contributed by atoms with Crippen LogP contribution in [-0.2, 0) is 17.4 Å². The lowest BCUT2D eigenvalue weighted by atomic mass is 9.87. The van der Waals surface area contributed by atoms with Crippen LogP contribution in [0.4, 0.5) is 18.9 Å². The molecular formula is C25H21F3N4O3. The lowest BCUT2D eigenvalue weighted by Gasteiger charge is -2.19. The van der Waals surface area contributed by atoms with Crippen molar-refractivity contribution in [3.63, 3.8) is 0 Å². The van der Waals surface area contributed by atoms with Crippen LogP contribution in [0.2, 0.25) is 0 Å². The topological polar surface area (TPSA) is 101 Å². The van der Waals surface area contributed by atoms with Crippen LogP contribution in [0, 0.1) is 10.1 Å². The Kier molecular flexibility index (Phi) is 6.81. The zero-order chi connectivity index (χ0) is 25.0. The van der Waals surface area contributed by atoms with Crippen molar-refractivity contribution in [3.8, 4) is 0 Å². The first kappa shape index (κ1) is 23.9. The molecule has 0 aliphatic carbocycles. The molecule has 1 atom stereocenters. The van der Waals surface area contributed by atoms with Gasteiger partial charge in [0.25, 0.3) is 5.69 Å². The number of nitrogens with one attached hydrogen (secondary N) is 2. The van der Waals surface area contributed by atoms with Gasteiger partial charge >= 0.3 is 6.18 Å². The number of pyridine rings is 1. The third-order valence-corrected chi connectivity index (χ3v) is 5.72. The molecular weight excluding hydrogens is 461 g/mol. The van der Waals surface area contributed by atoms with E-state index in [1.54, 1.807) is 18.5 Å². The molecule has 0 unspecified atom stereocenters. The van der Waals surface area contributed by atoms with Crippen LogP contribution < -0.4 is 5.32 Å². The van der Waals surface area contributed by atoms with Crippen molar-refractivity contribution >= 4 is 22.5 Å². The van der Waals surface area contributed by atoms with Gasteiger partial charge in [0.15, 0.2) is 0 Å². The summed E-state index contributed by atoms with van der Waals surface area (Å²) in [5.74, 6) is -1.12. The fraction of sp³-hybridized carbons (Fsp3) is 0.200. The van der Waals surface area contributed by atoms with E-state index in [1.165, 1.54) is 30.3 Å². The van der Waals surface area contributed by atoms with E-state index < -0.39 is 22.6 Å². The summed E-state index contributed by atoms with van der Waals surface area (Å²) in [4.78, 5) is 30.8. The Morgan fingerprint density at radius 2 is 1.94 bits per heavy atom. The molecule has 4 rings (SSSR count). The summed E-state index contributed by atoms with van der Waals surface area (Å²) in [5.41, 5.74) is 1.18. The summed E-state index contributed by atoms with van der Waals surface area (Å²) < 4.78 is 40.2. The Morgan fingerprint density at radius 3 is 2.66 bits per heavy atom. The number of carbonyl (C=O) groups excluding carboxylic acids is 1. The van der Waals surface area contributed by atoms with E-state index in [2.05, 4.69) is 15.3 Å². The number of non-ortho nitro benzene ring substituents is 1. The molecule has 180 valence electrons. The number of hydrogen-bond acceptors (Lipinski definition) is 4. The van der Waals surface area contributed by atoms with Gasteiger partial charge in [-0.25, -0.2) is 0 Å². The molecule has 2 aromatic heterocycles. The van der Waals surface area contributed by atoms with Crippen molar-refractivity contribution in [2.24, 2.45) is 0 Å². The van der Waals surface area contributed by atoms with E-state index in [4.69, 9.17) is 0 Å². The van der Waals surface area contributed by atoms with Gasteiger partial charge in [0.2, 0.25) is 5.91 Å². The minimum atomic E-state index is -4.55. The highest BCUT2D eigenvalue weighted by Gasteiger charge is 2.32. The number of fused-ring (bicyclic) bond motifs is 1. The molecule has 0 spiro atoms. The standard InChI is InChI=1S/C25H21F3N4O3/c26-25(27,28)17-5-3-4-16(12-17)20(14-24(33)30-11-9-18-6-1-2-10-29-18)22-15-31-23-8-7-19(32(34)35)13-21(22)23/h1-8,10,12-13,15,20,31H,9,11,14H2,(H,30,33)/t20-/m0/s1. The van der Waals surface area contributed by atoms with Crippen LogP contribution in [0.5, 0.6) is 0 Å². The Morgan fingerprint density at radius 1 is 1.11 bits per heavy atom. The lowest BCUT2D eigenvalue weighted by Crippen LogP contribution is -2.27. The molecule has 0 radical (unpaired) electrons. The van der Waals surface area contributed by atoms with Gasteiger partial charge in [-0.2, -0.15) is 13.2 Å². The van der Waals surface area contributed by atoms with Gasteiger partial charge in [-0.1, -0.05) is 24.3 Å². The number of aromatic amines is 1. The molecule has 0 bridgehead atoms. The second kappa shape index (κ2) is 9.96. The normalized spacial score (nSPS) is 12.4. The first-order chi connectivity index (χ1) is 16.7. The predicted molar refractivity (Wildman–Crippen MR) is 124 cm³/mol. The number of alkyl halides is 3. The average molecular weight is 482 g/mol. The smallest absolute Gasteiger partial charge is 0.361 e. The number of amides is 1. The molecule has 10 heteroatoms. The van der Waals surface area contributed by atoms with Crippen LogP contribution in [0.25, 0.3) is 10.9 Å². The molecule has 2 aromatic carbocycles. The molecule has 4 aromatic rings. The summed E-state index contributed by atoms with van der Waals surface area (Å²) in [6, 6.07) is 14.5. The van der Waals surface area contributed by atoms with E-state index >= 15 is 0 Å². The zero-order valence-electron chi connectivity index (χ0n) is 18.4. The van der Waals surface area contributed by atoms with Crippen molar-refractivity contribution in [1.29, 1.82) is 0 Å². The maximum Gasteiger partial charge on any atom is 0.416 e. The third kappa shape index (κ3) is 5.65. The number of halogens is 3. The minimum Gasteiger partial charge on any atom is -0.361 e. The highest BCUT2D eigenvalue weighted by atomic mass is 19.4. The Balaban J connectivity index is 1.65. The number of aromatic nitrogens is 2. The van der Waals surface area contributed by atoms with Crippen LogP contribution >= 0.6 is 0 Å². The third-order valence-electron chi connectivity index (χ3n) is 5.72. The molecule has 0 saturated carbocycles. The number of rotatable bonds is 8. The minimum absolute atomic E-state index is 0.140. The highest BCUT2D eigenvalue weighted by molar-refractivity contribution is 5.87. The number of nitro benzene ring substituents is 1. The molecule has 7 nitrogen and oxygen atoms in total. The molecule has 0 aliphatic rings. The number of carbonyl (C=O) groups is 1. The van der Waals surface area contributed by atoms with E-state index in [1.807, 2.05) is 12.1 Å². The van der Waals surface area contributed by atoms with Crippen LogP contribution in [0.1, 0.15) is 34.7 Å². The predicted octanol–water partition coefficient (Wildman–Crippen LogP) is 5.37. The van der Waals surface area contributed by atoms with Crippen molar-refractivity contribution in [2.45, 2.75) is 24.9 Å². The first-order valence-electron chi connectivity index (χ1n) is 10.8. The van der Waals surface area contributed by atoms with E-state index in [0.717, 1.165) is 17.8 Å². The largest absolute Gasteiger partial charge is 0.416 e. The molecule has 1 amide bonds. The summed E-state index contributed by atoms with van der Waals surface area (Å²) in [7, 11) is 0. The molecule has 0 saturated heterocycles. The number of H-pyrrole nitrogens is 1. The average Bonchev–Trinajstić information content (AvgIpc) is 3.26. The zero-order valence-corrected chi connectivity index (χ0v) is 18.4. The molecule has 35 heavy (non-hydrogen) atoms. The van der Waals surface area contributed by atoms with Gasteiger partial charge in [-0.05, 0) is 35.4 Å². The second-order valence-electron chi connectivity index (χ2n) is 8.03. The Bertz CT molecular complexity index is 1350. The summed E-state index contributed by atoms with van der Waals surface area (Å²) in [5, 5.41) is 14.6. The summed E-state index contributed by atoms with van der Waals surface area (Å²) in [6.45, 7) is 0.310. The summed E-state index contributed by atoms with van der Waals surface area (Å²) >= 11 is 0. The summed E-state index contributed by atoms with van der Waals surface area (Å²) in [6.07, 6.45) is -0.957. The van der Waals surface area contributed by atoms with E-state index in [9.17, 15) is 28.1 Å². The van der Waals surface area contributed by atoms with Gasteiger partial charge < -0.3 is 10.3 Å². The first-order valence-corrected chi connectivity index (χ1v) is 10.8. The SMILES string of the molecule is O=C(C[C@@H](c1cccc(C(F)(F)F)c1)c1c[nH]c2ccc([N+](=O)[O-])cc12)NCCc1ccccn1. The number of nitro groups is 1. The van der Waals surface area contributed by atoms with Gasteiger partial charge in [-0.3, -0.25) is 19.9 Å². The van der Waals surface area contributed by atoms with Crippen LogP contribution in [-0.4, -0.2) is 27.3 Å². The van der Waals surface area contributed by atoms with Crippen molar-refractivity contribution in [3.05, 3.63) is 106 Å². The second-order valence-corrected chi connectivity index (χ2v) is 8.03. The Hall–Kier alpha value is -4.21. The maximum absolute atomic E-state index is 13.4. The molecule has 0 aliphatic heterocycles. The van der Waals surface area contributed by atoms with Crippen LogP contribution in [0.15, 0.2) is 73.1 Å². The van der Waals surface area contributed by atoms with Gasteiger partial charge in [0.1, 0.15) is 0 Å². The highest BCUT2D eigenvalue weighted by Crippen LogP contribution is 2.37. The quantitative estimate of drug-likeness (QED) is 0.260. The Labute approximate surface area is 198 Å². The van der Waals surface area contributed by atoms with Crippen molar-refractivity contribution < 1.29 is 22.9 Å². The monoisotopic (exact) mass is 482 g/mol. The number of hydrogen-bond donors (Lipinski definition) is 2. The molecule has 2 N–H and O–H groups in total. The maximum atomic E-state index is 13.4. The van der Waals surface area contributed by atoms with Gasteiger partial charge in [0, 0.05) is 66.4 Å².